The van der Waals surface area contributed by atoms with Crippen molar-refractivity contribution < 1.29 is 19.8 Å². The lowest BCUT2D eigenvalue weighted by Gasteiger charge is -2.38. The molecule has 0 radical (unpaired) electrons. The molecule has 0 saturated heterocycles. The lowest BCUT2D eigenvalue weighted by molar-refractivity contribution is -0.155. The molecular formula is C16H18O4. The second-order valence-corrected chi connectivity index (χ2v) is 5.75. The van der Waals surface area contributed by atoms with Gasteiger partial charge in [-0.05, 0) is 31.7 Å². The van der Waals surface area contributed by atoms with E-state index < -0.39 is 22.8 Å². The van der Waals surface area contributed by atoms with Gasteiger partial charge in [-0.1, -0.05) is 42.5 Å². The maximum Gasteiger partial charge on any atom is 0.313 e. The second-order valence-electron chi connectivity index (χ2n) is 5.75. The number of carbonyl (C=O) groups is 2. The van der Waals surface area contributed by atoms with E-state index in [2.05, 4.69) is 0 Å². The number of aliphatic carboxylic acids is 2. The second kappa shape index (κ2) is 5.12. The molecule has 2 rings (SSSR count). The zero-order chi connectivity index (χ0) is 14.8. The van der Waals surface area contributed by atoms with Crippen LogP contribution in [0.3, 0.4) is 0 Å². The highest BCUT2D eigenvalue weighted by Crippen LogP contribution is 2.45. The van der Waals surface area contributed by atoms with Gasteiger partial charge in [0.2, 0.25) is 0 Å². The van der Waals surface area contributed by atoms with Crippen molar-refractivity contribution in [1.82, 2.24) is 0 Å². The Hall–Kier alpha value is -2.10. The molecule has 2 atom stereocenters. The molecule has 0 spiro atoms. The van der Waals surface area contributed by atoms with Gasteiger partial charge < -0.3 is 10.2 Å². The Morgan fingerprint density at radius 1 is 1.15 bits per heavy atom. The van der Waals surface area contributed by atoms with Gasteiger partial charge in [-0.15, -0.1) is 0 Å². The fourth-order valence-electron chi connectivity index (χ4n) is 2.89. The monoisotopic (exact) mass is 274 g/mol. The quantitative estimate of drug-likeness (QED) is 0.828. The predicted octanol–water partition coefficient (Wildman–Crippen LogP) is 2.74. The minimum absolute atomic E-state index is 0.107. The van der Waals surface area contributed by atoms with Crippen molar-refractivity contribution >= 4 is 11.9 Å². The van der Waals surface area contributed by atoms with Crippen molar-refractivity contribution in [3.05, 3.63) is 48.0 Å². The number of rotatable bonds is 4. The summed E-state index contributed by atoms with van der Waals surface area (Å²) in [7, 11) is 0. The van der Waals surface area contributed by atoms with Crippen LogP contribution < -0.4 is 0 Å². The molecule has 0 heterocycles. The Bertz CT molecular complexity index is 549. The maximum atomic E-state index is 11.8. The Kier molecular flexibility index (Phi) is 3.66. The van der Waals surface area contributed by atoms with E-state index in [4.69, 9.17) is 0 Å². The largest absolute Gasteiger partial charge is 0.481 e. The smallest absolute Gasteiger partial charge is 0.313 e. The van der Waals surface area contributed by atoms with Gasteiger partial charge in [-0.3, -0.25) is 9.59 Å². The molecule has 4 heteroatoms. The number of benzene rings is 1. The molecule has 0 amide bonds. The Balaban J connectivity index is 2.35. The summed E-state index contributed by atoms with van der Waals surface area (Å²) in [6, 6.07) is 9.35. The summed E-state index contributed by atoms with van der Waals surface area (Å²) in [6.07, 6.45) is 4.11. The van der Waals surface area contributed by atoms with Gasteiger partial charge >= 0.3 is 11.9 Å². The van der Waals surface area contributed by atoms with Crippen molar-refractivity contribution in [3.8, 4) is 0 Å². The van der Waals surface area contributed by atoms with Crippen LogP contribution in [0.1, 0.15) is 25.3 Å². The van der Waals surface area contributed by atoms with Crippen LogP contribution in [-0.2, 0) is 16.0 Å². The molecule has 106 valence electrons. The molecular weight excluding hydrogens is 256 g/mol. The van der Waals surface area contributed by atoms with E-state index in [1.807, 2.05) is 30.3 Å². The fraction of sp³-hybridized carbons (Fsp3) is 0.375. The van der Waals surface area contributed by atoms with Crippen molar-refractivity contribution in [1.29, 1.82) is 0 Å². The van der Waals surface area contributed by atoms with Gasteiger partial charge in [0.05, 0.1) is 10.8 Å². The number of carboxylic acids is 2. The van der Waals surface area contributed by atoms with Gasteiger partial charge in [-0.25, -0.2) is 0 Å². The summed E-state index contributed by atoms with van der Waals surface area (Å²) in [5, 5.41) is 19.0. The van der Waals surface area contributed by atoms with E-state index in [1.54, 1.807) is 19.1 Å². The van der Waals surface area contributed by atoms with Crippen LogP contribution in [0.25, 0.3) is 0 Å². The minimum atomic E-state index is -1.12. The Labute approximate surface area is 117 Å². The summed E-state index contributed by atoms with van der Waals surface area (Å²) >= 11 is 0. The summed E-state index contributed by atoms with van der Waals surface area (Å²) in [5.41, 5.74) is -1.26. The highest BCUT2D eigenvalue weighted by atomic mass is 16.4. The summed E-state index contributed by atoms with van der Waals surface area (Å²) < 4.78 is 0. The molecule has 1 aliphatic rings. The van der Waals surface area contributed by atoms with Gasteiger partial charge in [0, 0.05) is 0 Å². The molecule has 0 aromatic heterocycles. The van der Waals surface area contributed by atoms with E-state index in [9.17, 15) is 19.8 Å². The van der Waals surface area contributed by atoms with Crippen molar-refractivity contribution in [3.63, 3.8) is 0 Å². The van der Waals surface area contributed by atoms with Crippen molar-refractivity contribution in [2.75, 3.05) is 0 Å². The Morgan fingerprint density at radius 3 is 2.35 bits per heavy atom. The average Bonchev–Trinajstić information content (AvgIpc) is 2.39. The topological polar surface area (TPSA) is 74.6 Å². The first-order valence-corrected chi connectivity index (χ1v) is 6.56. The zero-order valence-electron chi connectivity index (χ0n) is 11.4. The molecule has 0 fully saturated rings. The van der Waals surface area contributed by atoms with Crippen LogP contribution in [-0.4, -0.2) is 22.2 Å². The SMILES string of the molecule is CC1(C(=O)O)C=CCC(Cc2ccccc2)(C(=O)O)C1. The third-order valence-electron chi connectivity index (χ3n) is 4.03. The molecule has 1 aromatic rings. The first-order valence-electron chi connectivity index (χ1n) is 6.56. The number of hydrogen-bond donors (Lipinski definition) is 2. The molecule has 4 nitrogen and oxygen atoms in total. The maximum absolute atomic E-state index is 11.8. The fourth-order valence-corrected chi connectivity index (χ4v) is 2.89. The first-order chi connectivity index (χ1) is 9.38. The summed E-state index contributed by atoms with van der Waals surface area (Å²) in [5.74, 6) is -1.91. The van der Waals surface area contributed by atoms with Crippen LogP contribution in [0.4, 0.5) is 0 Å². The number of allylic oxidation sites excluding steroid dienone is 1. The highest BCUT2D eigenvalue weighted by Gasteiger charge is 2.48. The lowest BCUT2D eigenvalue weighted by Crippen LogP contribution is -2.43. The van der Waals surface area contributed by atoms with Crippen LogP contribution in [0.15, 0.2) is 42.5 Å². The van der Waals surface area contributed by atoms with E-state index in [1.165, 1.54) is 0 Å². The summed E-state index contributed by atoms with van der Waals surface area (Å²) in [6.45, 7) is 1.58. The molecule has 0 saturated carbocycles. The van der Waals surface area contributed by atoms with Crippen molar-refractivity contribution in [2.24, 2.45) is 10.8 Å². The molecule has 1 aromatic carbocycles. The number of carboxylic acid groups (broad SMARTS) is 2. The molecule has 20 heavy (non-hydrogen) atoms. The van der Waals surface area contributed by atoms with Gasteiger partial charge in [0.25, 0.3) is 0 Å². The zero-order valence-corrected chi connectivity index (χ0v) is 11.4. The normalized spacial score (nSPS) is 29.1. The molecule has 0 bridgehead atoms. The lowest BCUT2D eigenvalue weighted by atomic mass is 9.64. The van der Waals surface area contributed by atoms with Crippen molar-refractivity contribution in [2.45, 2.75) is 26.2 Å². The predicted molar refractivity (Wildman–Crippen MR) is 74.3 cm³/mol. The minimum Gasteiger partial charge on any atom is -0.481 e. The van der Waals surface area contributed by atoms with Crippen LogP contribution >= 0.6 is 0 Å². The van der Waals surface area contributed by atoms with E-state index in [0.717, 1.165) is 5.56 Å². The van der Waals surface area contributed by atoms with Crippen LogP contribution in [0, 0.1) is 10.8 Å². The van der Waals surface area contributed by atoms with E-state index in [0.29, 0.717) is 12.8 Å². The van der Waals surface area contributed by atoms with Crippen LogP contribution in [0.2, 0.25) is 0 Å². The van der Waals surface area contributed by atoms with E-state index >= 15 is 0 Å². The molecule has 2 N–H and O–H groups in total. The third-order valence-corrected chi connectivity index (χ3v) is 4.03. The summed E-state index contributed by atoms with van der Waals surface area (Å²) in [4.78, 5) is 23.2. The van der Waals surface area contributed by atoms with Gasteiger partial charge in [0.1, 0.15) is 0 Å². The van der Waals surface area contributed by atoms with Gasteiger partial charge in [0.15, 0.2) is 0 Å². The molecule has 2 unspecified atom stereocenters. The first kappa shape index (κ1) is 14.3. The average molecular weight is 274 g/mol. The number of hydrogen-bond acceptors (Lipinski definition) is 2. The molecule has 0 aliphatic heterocycles. The van der Waals surface area contributed by atoms with E-state index in [-0.39, 0.29) is 6.42 Å². The third kappa shape index (κ3) is 2.59. The highest BCUT2D eigenvalue weighted by molar-refractivity contribution is 5.81. The van der Waals surface area contributed by atoms with Crippen LogP contribution in [0.5, 0.6) is 0 Å². The van der Waals surface area contributed by atoms with Gasteiger partial charge in [-0.2, -0.15) is 0 Å². The standard InChI is InChI=1S/C16H18O4/c1-15(13(17)18)8-5-9-16(11-15,14(19)20)10-12-6-3-2-4-7-12/h2-8H,9-11H2,1H3,(H,17,18)(H,19,20). The molecule has 1 aliphatic carbocycles. The Morgan fingerprint density at radius 2 is 1.80 bits per heavy atom.